The third kappa shape index (κ3) is 3.30. The highest BCUT2D eigenvalue weighted by Gasteiger charge is 2.27. The number of alkyl halides is 2. The van der Waals surface area contributed by atoms with Crippen LogP contribution in [0.2, 0.25) is 0 Å². The number of halogens is 2. The Balaban J connectivity index is 1.74. The van der Waals surface area contributed by atoms with E-state index in [1.807, 2.05) is 6.07 Å². The van der Waals surface area contributed by atoms with Crippen molar-refractivity contribution in [1.82, 2.24) is 24.3 Å². The Morgan fingerprint density at radius 3 is 2.54 bits per heavy atom. The van der Waals surface area contributed by atoms with Crippen molar-refractivity contribution in [3.8, 4) is 11.5 Å². The maximum atomic E-state index is 13.6. The Morgan fingerprint density at radius 1 is 1.04 bits per heavy atom. The lowest BCUT2D eigenvalue weighted by Gasteiger charge is -2.14. The Labute approximate surface area is 150 Å². The molecule has 0 saturated heterocycles. The second kappa shape index (κ2) is 6.70. The highest BCUT2D eigenvalue weighted by molar-refractivity contribution is 5.56. The van der Waals surface area contributed by atoms with Gasteiger partial charge in [-0.1, -0.05) is 25.7 Å². The van der Waals surface area contributed by atoms with Crippen molar-refractivity contribution in [2.75, 3.05) is 0 Å². The SMILES string of the molecule is CC(F)(F)c1cn2c(-c3nccc(C4CCCCCC4)n3)cnc2cn1. The molecule has 0 aliphatic heterocycles. The first-order valence-electron chi connectivity index (χ1n) is 9.07. The van der Waals surface area contributed by atoms with Gasteiger partial charge < -0.3 is 0 Å². The molecule has 0 radical (unpaired) electrons. The van der Waals surface area contributed by atoms with E-state index in [9.17, 15) is 8.78 Å². The van der Waals surface area contributed by atoms with Gasteiger partial charge in [-0.25, -0.2) is 19.9 Å². The van der Waals surface area contributed by atoms with Gasteiger partial charge in [-0.2, -0.15) is 8.78 Å². The van der Waals surface area contributed by atoms with E-state index in [0.29, 0.717) is 23.1 Å². The van der Waals surface area contributed by atoms with Crippen LogP contribution in [0, 0.1) is 0 Å². The number of imidazole rings is 1. The van der Waals surface area contributed by atoms with E-state index < -0.39 is 5.92 Å². The Morgan fingerprint density at radius 2 is 1.81 bits per heavy atom. The normalized spacial score (nSPS) is 16.7. The van der Waals surface area contributed by atoms with Gasteiger partial charge in [0.15, 0.2) is 11.5 Å². The highest BCUT2D eigenvalue weighted by Crippen LogP contribution is 2.31. The summed E-state index contributed by atoms with van der Waals surface area (Å²) in [6, 6.07) is 1.97. The molecule has 0 aromatic carbocycles. The predicted molar refractivity (Wildman–Crippen MR) is 94.0 cm³/mol. The monoisotopic (exact) mass is 357 g/mol. The molecule has 26 heavy (non-hydrogen) atoms. The Kier molecular flexibility index (Phi) is 4.38. The summed E-state index contributed by atoms with van der Waals surface area (Å²) < 4.78 is 28.9. The average Bonchev–Trinajstić information content (AvgIpc) is 2.86. The van der Waals surface area contributed by atoms with Crippen LogP contribution in [0.25, 0.3) is 17.2 Å². The van der Waals surface area contributed by atoms with Crippen LogP contribution < -0.4 is 0 Å². The van der Waals surface area contributed by atoms with Crippen molar-refractivity contribution < 1.29 is 8.78 Å². The molecular weight excluding hydrogens is 336 g/mol. The zero-order valence-corrected chi connectivity index (χ0v) is 14.7. The van der Waals surface area contributed by atoms with E-state index in [4.69, 9.17) is 4.98 Å². The third-order valence-corrected chi connectivity index (χ3v) is 5.03. The second-order valence-corrected chi connectivity index (χ2v) is 7.03. The maximum absolute atomic E-state index is 13.6. The molecule has 1 saturated carbocycles. The Hall–Kier alpha value is -2.44. The number of rotatable bonds is 3. The third-order valence-electron chi connectivity index (χ3n) is 5.03. The molecule has 3 aromatic heterocycles. The molecule has 0 bridgehead atoms. The first-order chi connectivity index (χ1) is 12.5. The van der Waals surface area contributed by atoms with Crippen LogP contribution in [0.1, 0.15) is 62.8 Å². The van der Waals surface area contributed by atoms with Crippen LogP contribution in [0.5, 0.6) is 0 Å². The molecule has 0 amide bonds. The van der Waals surface area contributed by atoms with Gasteiger partial charge in [0.1, 0.15) is 11.4 Å². The Bertz CT molecular complexity index is 908. The lowest BCUT2D eigenvalue weighted by Crippen LogP contribution is -2.11. The van der Waals surface area contributed by atoms with Crippen molar-refractivity contribution in [2.45, 2.75) is 57.3 Å². The van der Waals surface area contributed by atoms with E-state index >= 15 is 0 Å². The molecule has 0 atom stereocenters. The standard InChI is InChI=1S/C19H21F2N5/c1-19(20,21)16-12-26-15(10-24-17(26)11-23-16)18-22-9-8-14(25-18)13-6-4-2-3-5-7-13/h8-13H,2-7H2,1H3. The molecule has 0 N–H and O–H groups in total. The van der Waals surface area contributed by atoms with Gasteiger partial charge in [-0.15, -0.1) is 0 Å². The maximum Gasteiger partial charge on any atom is 0.288 e. The first kappa shape index (κ1) is 17.0. The van der Waals surface area contributed by atoms with Crippen molar-refractivity contribution in [1.29, 1.82) is 0 Å². The minimum Gasteiger partial charge on any atom is -0.293 e. The summed E-state index contributed by atoms with van der Waals surface area (Å²) in [6.45, 7) is 0.834. The van der Waals surface area contributed by atoms with Crippen LogP contribution in [0.4, 0.5) is 8.78 Å². The number of fused-ring (bicyclic) bond motifs is 1. The molecule has 5 nitrogen and oxygen atoms in total. The van der Waals surface area contributed by atoms with Crippen LogP contribution in [0.3, 0.4) is 0 Å². The zero-order valence-electron chi connectivity index (χ0n) is 14.7. The van der Waals surface area contributed by atoms with Gasteiger partial charge in [-0.3, -0.25) is 4.40 Å². The van der Waals surface area contributed by atoms with Crippen LogP contribution >= 0.6 is 0 Å². The minimum absolute atomic E-state index is 0.302. The topological polar surface area (TPSA) is 56.0 Å². The largest absolute Gasteiger partial charge is 0.293 e. The summed E-state index contributed by atoms with van der Waals surface area (Å²) in [5.74, 6) is -2.06. The van der Waals surface area contributed by atoms with E-state index in [2.05, 4.69) is 15.0 Å². The summed E-state index contributed by atoms with van der Waals surface area (Å²) >= 11 is 0. The van der Waals surface area contributed by atoms with Gasteiger partial charge in [0, 0.05) is 30.9 Å². The summed E-state index contributed by atoms with van der Waals surface area (Å²) in [6.07, 6.45) is 13.3. The second-order valence-electron chi connectivity index (χ2n) is 7.03. The number of aromatic nitrogens is 5. The van der Waals surface area contributed by atoms with Crippen molar-refractivity contribution in [2.24, 2.45) is 0 Å². The number of hydrogen-bond acceptors (Lipinski definition) is 4. The predicted octanol–water partition coefficient (Wildman–Crippen LogP) is 4.74. The smallest absolute Gasteiger partial charge is 0.288 e. The van der Waals surface area contributed by atoms with Crippen molar-refractivity contribution >= 4 is 5.65 Å². The van der Waals surface area contributed by atoms with Crippen molar-refractivity contribution in [3.05, 3.63) is 42.2 Å². The lowest BCUT2D eigenvalue weighted by atomic mass is 9.96. The molecule has 1 fully saturated rings. The quantitative estimate of drug-likeness (QED) is 0.636. The summed E-state index contributed by atoms with van der Waals surface area (Å²) in [5.41, 5.74) is 1.82. The van der Waals surface area contributed by atoms with Crippen LogP contribution in [-0.2, 0) is 5.92 Å². The highest BCUT2D eigenvalue weighted by atomic mass is 19.3. The minimum atomic E-state index is -3.02. The molecule has 0 unspecified atom stereocenters. The van der Waals surface area contributed by atoms with Crippen LogP contribution in [0.15, 0.2) is 30.9 Å². The molecule has 0 spiro atoms. The molecular formula is C19H21F2N5. The fourth-order valence-electron chi connectivity index (χ4n) is 3.58. The van der Waals surface area contributed by atoms with Gasteiger partial charge in [0.05, 0.1) is 12.4 Å². The van der Waals surface area contributed by atoms with Gasteiger partial charge in [0.25, 0.3) is 5.92 Å². The molecule has 4 rings (SSSR count). The summed E-state index contributed by atoms with van der Waals surface area (Å²) in [4.78, 5) is 17.2. The van der Waals surface area contributed by atoms with Gasteiger partial charge >= 0.3 is 0 Å². The van der Waals surface area contributed by atoms with Crippen molar-refractivity contribution in [3.63, 3.8) is 0 Å². The van der Waals surface area contributed by atoms with E-state index in [-0.39, 0.29) is 5.69 Å². The lowest BCUT2D eigenvalue weighted by molar-refractivity contribution is 0.0123. The summed E-state index contributed by atoms with van der Waals surface area (Å²) in [7, 11) is 0. The number of hydrogen-bond donors (Lipinski definition) is 0. The molecule has 1 aliphatic carbocycles. The molecule has 1 aliphatic rings. The van der Waals surface area contributed by atoms with E-state index in [1.54, 1.807) is 16.8 Å². The molecule has 3 heterocycles. The molecule has 7 heteroatoms. The van der Waals surface area contributed by atoms with E-state index in [0.717, 1.165) is 25.5 Å². The van der Waals surface area contributed by atoms with Gasteiger partial charge in [-0.05, 0) is 18.9 Å². The fraction of sp³-hybridized carbons (Fsp3) is 0.474. The molecule has 136 valence electrons. The average molecular weight is 357 g/mol. The van der Waals surface area contributed by atoms with Crippen LogP contribution in [-0.4, -0.2) is 24.3 Å². The van der Waals surface area contributed by atoms with E-state index in [1.165, 1.54) is 38.1 Å². The first-order valence-corrected chi connectivity index (χ1v) is 9.07. The zero-order chi connectivity index (χ0) is 18.1. The summed E-state index contributed by atoms with van der Waals surface area (Å²) in [5, 5.41) is 0. The fourth-order valence-corrected chi connectivity index (χ4v) is 3.58. The molecule has 3 aromatic rings. The van der Waals surface area contributed by atoms with Gasteiger partial charge in [0.2, 0.25) is 0 Å². The number of nitrogens with zero attached hydrogens (tertiary/aromatic N) is 5.